The Labute approximate surface area is 123 Å². The molecule has 20 heavy (non-hydrogen) atoms. The molecule has 0 aliphatic carbocycles. The van der Waals surface area contributed by atoms with Gasteiger partial charge in [-0.2, -0.15) is 5.10 Å². The first-order valence-corrected chi connectivity index (χ1v) is 7.59. The number of carbonyl (C=O) groups excluding carboxylic acids is 1. The van der Waals surface area contributed by atoms with Gasteiger partial charge in [-0.25, -0.2) is 0 Å². The molecule has 2 aromatic heterocycles. The first kappa shape index (κ1) is 14.5. The smallest absolute Gasteiger partial charge is 0.274 e. The summed E-state index contributed by atoms with van der Waals surface area (Å²) < 4.78 is 0. The molecule has 0 fully saturated rings. The van der Waals surface area contributed by atoms with Gasteiger partial charge in [0.15, 0.2) is 0 Å². The largest absolute Gasteiger partial charge is 0.328 e. The number of amides is 1. The highest BCUT2D eigenvalue weighted by molar-refractivity contribution is 7.09. The minimum atomic E-state index is -0.0584. The Kier molecular flexibility index (Phi) is 5.12. The van der Waals surface area contributed by atoms with E-state index in [4.69, 9.17) is 0 Å². The molecule has 2 heterocycles. The number of aryl methyl sites for hydroxylation is 1. The number of nitrogens with zero attached hydrogens (tertiary/aromatic N) is 2. The van der Waals surface area contributed by atoms with Crippen molar-refractivity contribution in [1.82, 2.24) is 15.1 Å². The average molecular weight is 289 g/mol. The molecule has 2 aromatic rings. The third kappa shape index (κ3) is 3.57. The minimum absolute atomic E-state index is 0.0584. The molecule has 4 nitrogen and oxygen atoms in total. The van der Waals surface area contributed by atoms with E-state index in [9.17, 15) is 4.79 Å². The van der Waals surface area contributed by atoms with Crippen molar-refractivity contribution in [3.8, 4) is 0 Å². The Morgan fingerprint density at radius 3 is 3.10 bits per heavy atom. The van der Waals surface area contributed by atoms with Gasteiger partial charge < -0.3 is 4.90 Å². The number of aromatic nitrogens is 2. The summed E-state index contributed by atoms with van der Waals surface area (Å²) >= 11 is 1.65. The number of nitrogens with one attached hydrogen (secondary N) is 1. The zero-order valence-corrected chi connectivity index (χ0v) is 12.4. The van der Waals surface area contributed by atoms with Gasteiger partial charge in [0, 0.05) is 17.1 Å². The third-order valence-corrected chi connectivity index (χ3v) is 3.79. The van der Waals surface area contributed by atoms with Gasteiger partial charge in [-0.1, -0.05) is 25.5 Å². The monoisotopic (exact) mass is 289 g/mol. The Bertz CT molecular complexity index is 559. The quantitative estimate of drug-likeness (QED) is 0.795. The molecule has 0 aromatic carbocycles. The predicted molar refractivity (Wildman–Crippen MR) is 81.8 cm³/mol. The predicted octanol–water partition coefficient (Wildman–Crippen LogP) is 3.25. The van der Waals surface area contributed by atoms with Crippen LogP contribution in [0.15, 0.2) is 36.2 Å². The fraction of sp³-hybridized carbons (Fsp3) is 0.333. The Morgan fingerprint density at radius 2 is 2.45 bits per heavy atom. The van der Waals surface area contributed by atoms with Crippen LogP contribution in [0.1, 0.15) is 34.4 Å². The van der Waals surface area contributed by atoms with E-state index in [2.05, 4.69) is 23.7 Å². The fourth-order valence-electron chi connectivity index (χ4n) is 2.00. The summed E-state index contributed by atoms with van der Waals surface area (Å²) in [5.41, 5.74) is 1.48. The van der Waals surface area contributed by atoms with E-state index in [1.54, 1.807) is 22.3 Å². The van der Waals surface area contributed by atoms with Crippen LogP contribution in [-0.2, 0) is 13.0 Å². The first-order chi connectivity index (χ1) is 9.74. The Hall–Kier alpha value is -1.88. The fourth-order valence-corrected chi connectivity index (χ4v) is 2.72. The Morgan fingerprint density at radius 1 is 1.60 bits per heavy atom. The van der Waals surface area contributed by atoms with Gasteiger partial charge in [-0.3, -0.25) is 9.89 Å². The van der Waals surface area contributed by atoms with Crippen molar-refractivity contribution in [1.29, 1.82) is 0 Å². The number of carbonyl (C=O) groups is 1. The van der Waals surface area contributed by atoms with Crippen LogP contribution in [0.3, 0.4) is 0 Å². The van der Waals surface area contributed by atoms with Crippen LogP contribution in [0.4, 0.5) is 0 Å². The molecule has 0 radical (unpaired) electrons. The maximum absolute atomic E-state index is 12.5. The average Bonchev–Trinajstić information content (AvgIpc) is 3.09. The SMILES string of the molecule is C=CCN(Cc1cccs1)C(=O)c1cc(CCC)[nH]n1. The molecule has 0 saturated heterocycles. The lowest BCUT2D eigenvalue weighted by molar-refractivity contribution is 0.0758. The van der Waals surface area contributed by atoms with Crippen molar-refractivity contribution in [2.24, 2.45) is 0 Å². The molecule has 0 unspecified atom stereocenters. The van der Waals surface area contributed by atoms with Gasteiger partial charge in [-0.15, -0.1) is 17.9 Å². The van der Waals surface area contributed by atoms with Gasteiger partial charge in [0.2, 0.25) is 0 Å². The number of hydrogen-bond donors (Lipinski definition) is 1. The number of rotatable bonds is 7. The molecular weight excluding hydrogens is 270 g/mol. The van der Waals surface area contributed by atoms with Gasteiger partial charge in [0.1, 0.15) is 5.69 Å². The highest BCUT2D eigenvalue weighted by atomic mass is 32.1. The van der Waals surface area contributed by atoms with Crippen molar-refractivity contribution in [2.45, 2.75) is 26.3 Å². The second-order valence-corrected chi connectivity index (χ2v) is 5.61. The van der Waals surface area contributed by atoms with Crippen LogP contribution in [0.2, 0.25) is 0 Å². The van der Waals surface area contributed by atoms with E-state index in [1.165, 1.54) is 0 Å². The summed E-state index contributed by atoms with van der Waals surface area (Å²) in [5, 5.41) is 9.06. The molecule has 0 bridgehead atoms. The Balaban J connectivity index is 2.10. The van der Waals surface area contributed by atoms with Crippen LogP contribution in [0.5, 0.6) is 0 Å². The van der Waals surface area contributed by atoms with E-state index in [0.717, 1.165) is 23.4 Å². The van der Waals surface area contributed by atoms with Crippen LogP contribution in [-0.4, -0.2) is 27.5 Å². The van der Waals surface area contributed by atoms with Crippen molar-refractivity contribution in [3.05, 3.63) is 52.5 Å². The van der Waals surface area contributed by atoms with E-state index in [-0.39, 0.29) is 5.91 Å². The molecular formula is C15H19N3OS. The second kappa shape index (κ2) is 7.05. The molecule has 106 valence electrons. The molecule has 0 atom stereocenters. The molecule has 0 aliphatic rings. The van der Waals surface area contributed by atoms with E-state index in [0.29, 0.717) is 18.8 Å². The van der Waals surface area contributed by atoms with E-state index < -0.39 is 0 Å². The van der Waals surface area contributed by atoms with Crippen LogP contribution in [0, 0.1) is 0 Å². The molecule has 1 amide bonds. The lowest BCUT2D eigenvalue weighted by Gasteiger charge is -2.19. The van der Waals surface area contributed by atoms with Gasteiger partial charge in [0.05, 0.1) is 6.54 Å². The highest BCUT2D eigenvalue weighted by Crippen LogP contribution is 2.14. The topological polar surface area (TPSA) is 49.0 Å². The number of thiophene rings is 1. The highest BCUT2D eigenvalue weighted by Gasteiger charge is 2.18. The van der Waals surface area contributed by atoms with Gasteiger partial charge >= 0.3 is 0 Å². The summed E-state index contributed by atoms with van der Waals surface area (Å²) in [6.45, 7) is 6.94. The summed E-state index contributed by atoms with van der Waals surface area (Å²) in [6.07, 6.45) is 3.68. The number of H-pyrrole nitrogens is 1. The van der Waals surface area contributed by atoms with Crippen molar-refractivity contribution >= 4 is 17.2 Å². The normalized spacial score (nSPS) is 10.4. The molecule has 0 saturated carbocycles. The molecule has 2 rings (SSSR count). The maximum atomic E-state index is 12.5. The lowest BCUT2D eigenvalue weighted by atomic mass is 10.2. The van der Waals surface area contributed by atoms with Crippen LogP contribution in [0.25, 0.3) is 0 Å². The summed E-state index contributed by atoms with van der Waals surface area (Å²) in [7, 11) is 0. The molecule has 0 aliphatic heterocycles. The zero-order valence-electron chi connectivity index (χ0n) is 11.6. The van der Waals surface area contributed by atoms with Crippen LogP contribution < -0.4 is 0 Å². The maximum Gasteiger partial charge on any atom is 0.274 e. The van der Waals surface area contributed by atoms with Crippen LogP contribution >= 0.6 is 11.3 Å². The van der Waals surface area contributed by atoms with Gasteiger partial charge in [-0.05, 0) is 23.9 Å². The number of aromatic amines is 1. The van der Waals surface area contributed by atoms with E-state index >= 15 is 0 Å². The summed E-state index contributed by atoms with van der Waals surface area (Å²) in [6, 6.07) is 5.86. The molecule has 1 N–H and O–H groups in total. The summed E-state index contributed by atoms with van der Waals surface area (Å²) in [5.74, 6) is -0.0584. The first-order valence-electron chi connectivity index (χ1n) is 6.71. The van der Waals surface area contributed by atoms with Crippen molar-refractivity contribution < 1.29 is 4.79 Å². The minimum Gasteiger partial charge on any atom is -0.328 e. The van der Waals surface area contributed by atoms with E-state index in [1.807, 2.05) is 23.6 Å². The third-order valence-electron chi connectivity index (χ3n) is 2.93. The second-order valence-electron chi connectivity index (χ2n) is 4.58. The van der Waals surface area contributed by atoms with Crippen molar-refractivity contribution in [2.75, 3.05) is 6.54 Å². The van der Waals surface area contributed by atoms with Crippen molar-refractivity contribution in [3.63, 3.8) is 0 Å². The standard InChI is InChI=1S/C15H19N3OS/c1-3-6-12-10-14(17-16-12)15(19)18(8-4-2)11-13-7-5-9-20-13/h4-5,7,9-10H,2-3,6,8,11H2,1H3,(H,16,17). The molecule has 5 heteroatoms. The molecule has 0 spiro atoms. The summed E-state index contributed by atoms with van der Waals surface area (Å²) in [4.78, 5) is 15.4. The zero-order chi connectivity index (χ0) is 14.4. The van der Waals surface area contributed by atoms with Gasteiger partial charge in [0.25, 0.3) is 5.91 Å². The number of hydrogen-bond acceptors (Lipinski definition) is 3. The lowest BCUT2D eigenvalue weighted by Crippen LogP contribution is -2.30.